The van der Waals surface area contributed by atoms with E-state index in [1.165, 1.54) is 16.8 Å². The highest BCUT2D eigenvalue weighted by Crippen LogP contribution is 2.19. The number of anilines is 1. The number of methoxy groups -OCH3 is 1. The first-order valence-electron chi connectivity index (χ1n) is 9.70. The highest BCUT2D eigenvalue weighted by Gasteiger charge is 2.23. The zero-order valence-corrected chi connectivity index (χ0v) is 16.3. The maximum absolute atomic E-state index is 5.16. The van der Waals surface area contributed by atoms with E-state index in [9.17, 15) is 0 Å². The van der Waals surface area contributed by atoms with Gasteiger partial charge < -0.3 is 20.3 Å². The summed E-state index contributed by atoms with van der Waals surface area (Å²) in [5.41, 5.74) is 3.67. The zero-order chi connectivity index (χ0) is 18.9. The van der Waals surface area contributed by atoms with Crippen LogP contribution in [0.1, 0.15) is 24.5 Å². The number of aliphatic imine (C=N–C) groups is 1. The fourth-order valence-electron chi connectivity index (χ4n) is 3.34. The van der Waals surface area contributed by atoms with Crippen molar-refractivity contribution >= 4 is 11.6 Å². The molecule has 1 unspecified atom stereocenters. The molecule has 5 heteroatoms. The Balaban J connectivity index is 1.56. The summed E-state index contributed by atoms with van der Waals surface area (Å²) in [6.07, 6.45) is 1.12. The molecule has 0 spiro atoms. The van der Waals surface area contributed by atoms with Gasteiger partial charge in [0.05, 0.1) is 13.2 Å². The quantitative estimate of drug-likeness (QED) is 0.584. The number of guanidine groups is 1. The van der Waals surface area contributed by atoms with Gasteiger partial charge in [-0.25, -0.2) is 4.99 Å². The molecule has 0 aromatic heterocycles. The molecule has 1 fully saturated rings. The lowest BCUT2D eigenvalue weighted by molar-refractivity contribution is 0.185. The van der Waals surface area contributed by atoms with Crippen LogP contribution in [0.5, 0.6) is 0 Å². The smallest absolute Gasteiger partial charge is 0.191 e. The highest BCUT2D eigenvalue weighted by molar-refractivity contribution is 5.80. The second-order valence-corrected chi connectivity index (χ2v) is 6.86. The Kier molecular flexibility index (Phi) is 7.11. The van der Waals surface area contributed by atoms with Crippen LogP contribution in [0.4, 0.5) is 5.69 Å². The molecule has 1 aliphatic rings. The van der Waals surface area contributed by atoms with Crippen molar-refractivity contribution in [2.75, 3.05) is 31.6 Å². The molecule has 2 N–H and O–H groups in total. The summed E-state index contributed by atoms with van der Waals surface area (Å²) in [6.45, 7) is 6.34. The van der Waals surface area contributed by atoms with Crippen molar-refractivity contribution in [3.63, 3.8) is 0 Å². The summed E-state index contributed by atoms with van der Waals surface area (Å²) < 4.78 is 5.16. The summed E-state index contributed by atoms with van der Waals surface area (Å²) in [5, 5.41) is 6.96. The molecular weight excluding hydrogens is 336 g/mol. The van der Waals surface area contributed by atoms with Gasteiger partial charge in [-0.15, -0.1) is 0 Å². The Hall–Kier alpha value is -2.53. The van der Waals surface area contributed by atoms with Crippen molar-refractivity contribution < 1.29 is 4.74 Å². The van der Waals surface area contributed by atoms with Gasteiger partial charge in [-0.2, -0.15) is 0 Å². The van der Waals surface area contributed by atoms with Crippen LogP contribution >= 0.6 is 0 Å². The third-order valence-corrected chi connectivity index (χ3v) is 4.75. The first-order valence-corrected chi connectivity index (χ1v) is 9.70. The minimum atomic E-state index is 0.409. The van der Waals surface area contributed by atoms with E-state index in [1.807, 2.05) is 0 Å². The molecular formula is C22H30N4O. The van der Waals surface area contributed by atoms with Gasteiger partial charge >= 0.3 is 0 Å². The Labute approximate surface area is 162 Å². The summed E-state index contributed by atoms with van der Waals surface area (Å²) in [6, 6.07) is 19.5. The lowest BCUT2D eigenvalue weighted by Crippen LogP contribution is -2.44. The summed E-state index contributed by atoms with van der Waals surface area (Å²) in [5.74, 6) is 0.887. The predicted octanol–water partition coefficient (Wildman–Crippen LogP) is 3.17. The van der Waals surface area contributed by atoms with E-state index in [-0.39, 0.29) is 0 Å². The van der Waals surface area contributed by atoms with E-state index < -0.39 is 0 Å². The molecule has 1 atom stereocenters. The van der Waals surface area contributed by atoms with Crippen molar-refractivity contribution in [1.82, 2.24) is 10.6 Å². The van der Waals surface area contributed by atoms with Crippen molar-refractivity contribution in [3.05, 3.63) is 65.7 Å². The van der Waals surface area contributed by atoms with Crippen LogP contribution in [0.2, 0.25) is 0 Å². The molecule has 0 saturated carbocycles. The molecule has 1 heterocycles. The SMILES string of the molecule is CCNC(=NCc1ccc(COC)cc1)NC1CCN(c2ccccc2)C1. The molecule has 5 nitrogen and oxygen atoms in total. The topological polar surface area (TPSA) is 48.9 Å². The average molecular weight is 367 g/mol. The van der Waals surface area contributed by atoms with Crippen LogP contribution in [0.25, 0.3) is 0 Å². The molecule has 2 aromatic rings. The average Bonchev–Trinajstić information content (AvgIpc) is 3.17. The fourth-order valence-corrected chi connectivity index (χ4v) is 3.34. The molecule has 0 amide bonds. The van der Waals surface area contributed by atoms with Gasteiger partial charge in [0.25, 0.3) is 0 Å². The molecule has 27 heavy (non-hydrogen) atoms. The van der Waals surface area contributed by atoms with Crippen LogP contribution in [0, 0.1) is 0 Å². The van der Waals surface area contributed by atoms with Gasteiger partial charge in [-0.3, -0.25) is 0 Å². The molecule has 3 rings (SSSR count). The lowest BCUT2D eigenvalue weighted by atomic mass is 10.1. The summed E-state index contributed by atoms with van der Waals surface area (Å²) in [4.78, 5) is 7.19. The van der Waals surface area contributed by atoms with Crippen molar-refractivity contribution in [2.45, 2.75) is 32.5 Å². The Morgan fingerprint density at radius 2 is 1.85 bits per heavy atom. The number of para-hydroxylation sites is 1. The van der Waals surface area contributed by atoms with Crippen molar-refractivity contribution in [2.24, 2.45) is 4.99 Å². The first-order chi connectivity index (χ1) is 13.3. The second kappa shape index (κ2) is 9.97. The number of benzene rings is 2. The van der Waals surface area contributed by atoms with E-state index in [4.69, 9.17) is 9.73 Å². The Morgan fingerprint density at radius 1 is 1.11 bits per heavy atom. The van der Waals surface area contributed by atoms with Gasteiger partial charge in [-0.05, 0) is 36.6 Å². The minimum Gasteiger partial charge on any atom is -0.380 e. The number of ether oxygens (including phenoxy) is 1. The van der Waals surface area contributed by atoms with Crippen LogP contribution in [-0.4, -0.2) is 38.7 Å². The summed E-state index contributed by atoms with van der Waals surface area (Å²) >= 11 is 0. The van der Waals surface area contributed by atoms with Crippen LogP contribution in [0.3, 0.4) is 0 Å². The maximum atomic E-state index is 5.16. The normalized spacial score (nSPS) is 17.2. The number of hydrogen-bond acceptors (Lipinski definition) is 3. The maximum Gasteiger partial charge on any atom is 0.191 e. The zero-order valence-electron chi connectivity index (χ0n) is 16.3. The highest BCUT2D eigenvalue weighted by atomic mass is 16.5. The molecule has 0 aliphatic carbocycles. The van der Waals surface area contributed by atoms with Gasteiger partial charge in [0.1, 0.15) is 0 Å². The van der Waals surface area contributed by atoms with E-state index in [0.717, 1.165) is 32.0 Å². The van der Waals surface area contributed by atoms with E-state index in [1.54, 1.807) is 7.11 Å². The minimum absolute atomic E-state index is 0.409. The van der Waals surface area contributed by atoms with Gasteiger partial charge in [0, 0.05) is 38.5 Å². The van der Waals surface area contributed by atoms with Gasteiger partial charge in [0.2, 0.25) is 0 Å². The van der Waals surface area contributed by atoms with E-state index >= 15 is 0 Å². The number of rotatable bonds is 7. The first kappa shape index (κ1) is 19.2. The van der Waals surface area contributed by atoms with Crippen molar-refractivity contribution in [1.29, 1.82) is 0 Å². The predicted molar refractivity (Wildman–Crippen MR) is 112 cm³/mol. The fraction of sp³-hybridized carbons (Fsp3) is 0.409. The van der Waals surface area contributed by atoms with E-state index in [2.05, 4.69) is 77.1 Å². The van der Waals surface area contributed by atoms with Crippen molar-refractivity contribution in [3.8, 4) is 0 Å². The molecule has 0 radical (unpaired) electrons. The van der Waals surface area contributed by atoms with Crippen LogP contribution in [0.15, 0.2) is 59.6 Å². The molecule has 1 saturated heterocycles. The standard InChI is InChI=1S/C22H30N4O/c1-3-23-22(24-15-18-9-11-19(12-10-18)17-27-2)25-20-13-14-26(16-20)21-7-5-4-6-8-21/h4-12,20H,3,13-17H2,1-2H3,(H2,23,24,25). The molecule has 1 aliphatic heterocycles. The number of nitrogens with one attached hydrogen (secondary N) is 2. The second-order valence-electron chi connectivity index (χ2n) is 6.86. The summed E-state index contributed by atoms with van der Waals surface area (Å²) in [7, 11) is 1.72. The third-order valence-electron chi connectivity index (χ3n) is 4.75. The molecule has 144 valence electrons. The Bertz CT molecular complexity index is 715. The van der Waals surface area contributed by atoms with E-state index in [0.29, 0.717) is 19.2 Å². The molecule has 0 bridgehead atoms. The van der Waals surface area contributed by atoms with Crippen LogP contribution < -0.4 is 15.5 Å². The number of hydrogen-bond donors (Lipinski definition) is 2. The van der Waals surface area contributed by atoms with Gasteiger partial charge in [0.15, 0.2) is 5.96 Å². The van der Waals surface area contributed by atoms with Gasteiger partial charge in [-0.1, -0.05) is 42.5 Å². The number of nitrogens with zero attached hydrogens (tertiary/aromatic N) is 2. The molecule has 2 aromatic carbocycles. The monoisotopic (exact) mass is 366 g/mol. The van der Waals surface area contributed by atoms with Crippen LogP contribution in [-0.2, 0) is 17.9 Å². The Morgan fingerprint density at radius 3 is 2.56 bits per heavy atom. The largest absolute Gasteiger partial charge is 0.380 e. The lowest BCUT2D eigenvalue weighted by Gasteiger charge is -2.20. The third kappa shape index (κ3) is 5.73.